The first-order chi connectivity index (χ1) is 31.8. The third-order valence-electron chi connectivity index (χ3n) is 11.6. The van der Waals surface area contributed by atoms with Crippen molar-refractivity contribution in [2.75, 3.05) is 13.2 Å². The lowest BCUT2D eigenvalue weighted by atomic mass is 9.99. The minimum atomic E-state index is -1.58. The number of carbonyl (C=O) groups is 1. The van der Waals surface area contributed by atoms with Gasteiger partial charge in [-0.2, -0.15) is 0 Å². The molecule has 7 atom stereocenters. The SMILES string of the molecule is CC/C=C\C/C=C\C/C=C\C/C=C\C/C=C\C/C=C\CCCCCCC(=O)NC(COC1OC(CO)C(O)C(O)C1O)C(O)/C=C/CC/C=C/CCCCCCCCCCCCCCC. The van der Waals surface area contributed by atoms with Gasteiger partial charge in [0, 0.05) is 6.42 Å². The Morgan fingerprint density at radius 2 is 0.969 bits per heavy atom. The molecule has 0 aromatic rings. The highest BCUT2D eigenvalue weighted by Crippen LogP contribution is 2.22. The number of hydrogen-bond acceptors (Lipinski definition) is 8. The van der Waals surface area contributed by atoms with Gasteiger partial charge in [-0.1, -0.05) is 201 Å². The maximum atomic E-state index is 13.0. The minimum Gasteiger partial charge on any atom is -0.394 e. The van der Waals surface area contributed by atoms with Gasteiger partial charge in [0.2, 0.25) is 5.91 Å². The summed E-state index contributed by atoms with van der Waals surface area (Å²) in [4.78, 5) is 13.0. The van der Waals surface area contributed by atoms with Gasteiger partial charge in [0.1, 0.15) is 24.4 Å². The lowest BCUT2D eigenvalue weighted by Gasteiger charge is -2.40. The summed E-state index contributed by atoms with van der Waals surface area (Å²) in [5, 5.41) is 54.3. The number of hydrogen-bond donors (Lipinski definition) is 6. The second kappa shape index (κ2) is 44.9. The molecule has 1 fully saturated rings. The molecular formula is C56H95NO8. The molecule has 0 bridgehead atoms. The summed E-state index contributed by atoms with van der Waals surface area (Å²) in [7, 11) is 0. The van der Waals surface area contributed by atoms with Crippen LogP contribution in [0.2, 0.25) is 0 Å². The Morgan fingerprint density at radius 3 is 1.48 bits per heavy atom. The van der Waals surface area contributed by atoms with E-state index in [1.54, 1.807) is 6.08 Å². The molecule has 1 aliphatic rings. The molecule has 9 heteroatoms. The first-order valence-corrected chi connectivity index (χ1v) is 26.0. The molecule has 1 aliphatic heterocycles. The third-order valence-corrected chi connectivity index (χ3v) is 11.6. The number of carbonyl (C=O) groups excluding carboxylic acids is 1. The molecule has 0 saturated carbocycles. The standard InChI is InChI=1S/C56H95NO8/c1-3-5-7-9-11-13-15-17-19-21-23-24-25-26-28-30-32-34-36-38-40-42-44-46-52(60)57-49(48-64-56-55(63)54(62)53(61)51(47-58)65-56)50(59)45-43-41-39-37-35-33-31-29-27-22-20-18-16-14-12-10-8-6-4-2/h5,7,11,13,17,19,23-24,26,28,32,34-35,37,43,45,49-51,53-56,58-59,61-63H,3-4,6,8-10,12,14-16,18,20-22,25,27,29-31,33,36,38-42,44,46-48H2,1-2H3,(H,57,60)/b7-5-,13-11-,19-17-,24-23-,28-26-,34-32-,37-35+,45-43+. The number of nitrogens with one attached hydrogen (secondary N) is 1. The molecular weight excluding hydrogens is 815 g/mol. The summed E-state index contributed by atoms with van der Waals surface area (Å²) in [5.41, 5.74) is 0. The molecule has 65 heavy (non-hydrogen) atoms. The van der Waals surface area contributed by atoms with Crippen LogP contribution in [0, 0.1) is 0 Å². The molecule has 7 unspecified atom stereocenters. The molecule has 9 nitrogen and oxygen atoms in total. The molecule has 0 aromatic carbocycles. The average Bonchev–Trinajstić information content (AvgIpc) is 3.31. The van der Waals surface area contributed by atoms with Crippen molar-refractivity contribution in [2.45, 2.75) is 236 Å². The van der Waals surface area contributed by atoms with Crippen LogP contribution in [0.5, 0.6) is 0 Å². The molecule has 0 spiro atoms. The van der Waals surface area contributed by atoms with E-state index in [-0.39, 0.29) is 12.5 Å². The summed E-state index contributed by atoms with van der Waals surface area (Å²) >= 11 is 0. The van der Waals surface area contributed by atoms with Crippen LogP contribution in [-0.2, 0) is 14.3 Å². The molecule has 1 heterocycles. The van der Waals surface area contributed by atoms with Crippen molar-refractivity contribution in [3.05, 3.63) is 97.2 Å². The summed E-state index contributed by atoms with van der Waals surface area (Å²) in [6, 6.07) is -0.842. The highest BCUT2D eigenvalue weighted by atomic mass is 16.7. The molecule has 372 valence electrons. The first-order valence-electron chi connectivity index (χ1n) is 26.0. The predicted molar refractivity (Wildman–Crippen MR) is 271 cm³/mol. The van der Waals surface area contributed by atoms with Crippen molar-refractivity contribution in [2.24, 2.45) is 0 Å². The van der Waals surface area contributed by atoms with Crippen LogP contribution < -0.4 is 5.32 Å². The van der Waals surface area contributed by atoms with Gasteiger partial charge >= 0.3 is 0 Å². The van der Waals surface area contributed by atoms with Gasteiger partial charge in [-0.05, 0) is 83.5 Å². The zero-order valence-electron chi connectivity index (χ0n) is 41.0. The fourth-order valence-corrected chi connectivity index (χ4v) is 7.53. The van der Waals surface area contributed by atoms with Gasteiger partial charge < -0.3 is 40.3 Å². The minimum absolute atomic E-state index is 0.215. The number of aliphatic hydroxyl groups is 5. The fraction of sp³-hybridized carbons (Fsp3) is 0.696. The Balaban J connectivity index is 2.36. The van der Waals surface area contributed by atoms with Crippen molar-refractivity contribution in [3.8, 4) is 0 Å². The van der Waals surface area contributed by atoms with Crippen LogP contribution in [0.1, 0.15) is 194 Å². The molecule has 6 N–H and O–H groups in total. The van der Waals surface area contributed by atoms with Gasteiger partial charge in [-0.3, -0.25) is 4.79 Å². The maximum absolute atomic E-state index is 13.0. The van der Waals surface area contributed by atoms with Crippen LogP contribution in [0.3, 0.4) is 0 Å². The highest BCUT2D eigenvalue weighted by molar-refractivity contribution is 5.76. The lowest BCUT2D eigenvalue weighted by molar-refractivity contribution is -0.302. The topological polar surface area (TPSA) is 149 Å². The van der Waals surface area contributed by atoms with Crippen molar-refractivity contribution in [1.82, 2.24) is 5.32 Å². The third kappa shape index (κ3) is 35.0. The molecule has 1 rings (SSSR count). The van der Waals surface area contributed by atoms with Crippen LogP contribution in [0.15, 0.2) is 97.2 Å². The van der Waals surface area contributed by atoms with E-state index in [0.717, 1.165) is 83.5 Å². The normalized spacial score (nSPS) is 20.8. The molecule has 0 radical (unpaired) electrons. The van der Waals surface area contributed by atoms with Crippen LogP contribution in [-0.4, -0.2) is 87.5 Å². The smallest absolute Gasteiger partial charge is 0.220 e. The van der Waals surface area contributed by atoms with E-state index in [1.165, 1.54) is 83.5 Å². The van der Waals surface area contributed by atoms with E-state index in [4.69, 9.17) is 9.47 Å². The lowest BCUT2D eigenvalue weighted by Crippen LogP contribution is -2.60. The van der Waals surface area contributed by atoms with Gasteiger partial charge in [0.05, 0.1) is 25.4 Å². The summed E-state index contributed by atoms with van der Waals surface area (Å²) in [6.45, 7) is 3.62. The maximum Gasteiger partial charge on any atom is 0.220 e. The Labute approximate surface area is 396 Å². The Morgan fingerprint density at radius 1 is 0.538 bits per heavy atom. The molecule has 1 saturated heterocycles. The van der Waals surface area contributed by atoms with Crippen LogP contribution in [0.25, 0.3) is 0 Å². The van der Waals surface area contributed by atoms with E-state index < -0.39 is 49.5 Å². The van der Waals surface area contributed by atoms with Gasteiger partial charge in [-0.25, -0.2) is 0 Å². The van der Waals surface area contributed by atoms with Crippen molar-refractivity contribution >= 4 is 5.91 Å². The fourth-order valence-electron chi connectivity index (χ4n) is 7.53. The predicted octanol–water partition coefficient (Wildman–Crippen LogP) is 12.1. The van der Waals surface area contributed by atoms with Crippen molar-refractivity contribution in [1.29, 1.82) is 0 Å². The number of rotatable bonds is 42. The van der Waals surface area contributed by atoms with E-state index >= 15 is 0 Å². The van der Waals surface area contributed by atoms with Gasteiger partial charge in [-0.15, -0.1) is 0 Å². The van der Waals surface area contributed by atoms with Gasteiger partial charge in [0.25, 0.3) is 0 Å². The second-order valence-electron chi connectivity index (χ2n) is 17.6. The second-order valence-corrected chi connectivity index (χ2v) is 17.6. The van der Waals surface area contributed by atoms with E-state index in [0.29, 0.717) is 12.8 Å². The van der Waals surface area contributed by atoms with Gasteiger partial charge in [0.15, 0.2) is 6.29 Å². The van der Waals surface area contributed by atoms with E-state index in [9.17, 15) is 30.3 Å². The van der Waals surface area contributed by atoms with Crippen LogP contribution >= 0.6 is 0 Å². The Kier molecular flexibility index (Phi) is 41.6. The Bertz CT molecular complexity index is 1330. The van der Waals surface area contributed by atoms with E-state index in [1.807, 2.05) is 6.08 Å². The average molecular weight is 910 g/mol. The quantitative estimate of drug-likeness (QED) is 0.0262. The summed E-state index contributed by atoms with van der Waals surface area (Å²) < 4.78 is 11.2. The molecule has 0 aliphatic carbocycles. The summed E-state index contributed by atoms with van der Waals surface area (Å²) in [5.74, 6) is -0.215. The number of allylic oxidation sites excluding steroid dienone is 15. The first kappa shape index (κ1) is 60.1. The number of aliphatic hydroxyl groups excluding tert-OH is 5. The summed E-state index contributed by atoms with van der Waals surface area (Å²) in [6.07, 6.45) is 57.4. The van der Waals surface area contributed by atoms with Crippen molar-refractivity contribution < 1.29 is 39.8 Å². The largest absolute Gasteiger partial charge is 0.394 e. The zero-order valence-corrected chi connectivity index (χ0v) is 41.0. The van der Waals surface area contributed by atoms with Crippen molar-refractivity contribution in [3.63, 3.8) is 0 Å². The van der Waals surface area contributed by atoms with E-state index in [2.05, 4.69) is 104 Å². The zero-order chi connectivity index (χ0) is 47.3. The molecule has 0 aromatic heterocycles. The number of ether oxygens (including phenoxy) is 2. The Hall–Kier alpha value is -2.89. The highest BCUT2D eigenvalue weighted by Gasteiger charge is 2.44. The monoisotopic (exact) mass is 910 g/mol. The number of unbranched alkanes of at least 4 members (excludes halogenated alkanes) is 18. The van der Waals surface area contributed by atoms with Crippen LogP contribution in [0.4, 0.5) is 0 Å². The molecule has 1 amide bonds. The number of amides is 1.